The van der Waals surface area contributed by atoms with E-state index in [-0.39, 0.29) is 23.5 Å². The van der Waals surface area contributed by atoms with Crippen LogP contribution in [0.3, 0.4) is 0 Å². The molecular weight excluding hydrogens is 477 g/mol. The maximum atomic E-state index is 13.9. The van der Waals surface area contributed by atoms with Gasteiger partial charge in [-0.05, 0) is 43.0 Å². The molecule has 36 heavy (non-hydrogen) atoms. The number of carbonyl (C=O) groups is 2. The summed E-state index contributed by atoms with van der Waals surface area (Å²) >= 11 is 0. The molecule has 3 atom stereocenters. The average molecular weight is 496 g/mol. The first-order valence-corrected chi connectivity index (χ1v) is 11.3. The van der Waals surface area contributed by atoms with Gasteiger partial charge in [0.15, 0.2) is 11.6 Å². The van der Waals surface area contributed by atoms with E-state index in [1.54, 1.807) is 18.2 Å². The normalized spacial score (nSPS) is 23.1. The maximum Gasteiger partial charge on any atom is 0.319 e. The van der Waals surface area contributed by atoms with Gasteiger partial charge in [-0.2, -0.15) is 0 Å². The number of aromatic nitrogens is 1. The number of nitrogens with zero attached hydrogens (tertiary/aromatic N) is 1. The number of amides is 3. The van der Waals surface area contributed by atoms with Gasteiger partial charge in [0.25, 0.3) is 0 Å². The molecule has 2 saturated carbocycles. The molecule has 0 radical (unpaired) electrons. The number of phenols is 1. The van der Waals surface area contributed by atoms with Crippen LogP contribution >= 0.6 is 0 Å². The highest BCUT2D eigenvalue weighted by atomic mass is 19.1. The first-order valence-electron chi connectivity index (χ1n) is 11.3. The van der Waals surface area contributed by atoms with Gasteiger partial charge < -0.3 is 25.8 Å². The molecule has 2 heterocycles. The quantitative estimate of drug-likeness (QED) is 0.414. The largest absolute Gasteiger partial charge is 0.508 e. The Morgan fingerprint density at radius 2 is 1.92 bits per heavy atom. The fourth-order valence-electron chi connectivity index (χ4n) is 4.97. The number of fused-ring (bicyclic) bond motifs is 2. The fourth-order valence-corrected chi connectivity index (χ4v) is 4.97. The van der Waals surface area contributed by atoms with E-state index in [4.69, 9.17) is 4.74 Å². The number of aromatic hydroxyl groups is 1. The van der Waals surface area contributed by atoms with Crippen LogP contribution in [-0.2, 0) is 11.2 Å². The molecule has 8 nitrogen and oxygen atoms in total. The minimum atomic E-state index is -1.22. The van der Waals surface area contributed by atoms with Gasteiger partial charge in [-0.3, -0.25) is 4.79 Å². The Kier molecular flexibility index (Phi) is 4.85. The monoisotopic (exact) mass is 496 g/mol. The smallest absolute Gasteiger partial charge is 0.319 e. The molecule has 1 aliphatic heterocycles. The van der Waals surface area contributed by atoms with Crippen molar-refractivity contribution in [2.45, 2.75) is 30.7 Å². The van der Waals surface area contributed by atoms with E-state index in [1.165, 1.54) is 12.3 Å². The number of pyridine rings is 1. The van der Waals surface area contributed by atoms with E-state index in [0.717, 1.165) is 5.56 Å². The van der Waals surface area contributed by atoms with Gasteiger partial charge in [0, 0.05) is 41.8 Å². The summed E-state index contributed by atoms with van der Waals surface area (Å²) in [6.07, 6.45) is 2.97. The molecule has 3 aromatic rings. The van der Waals surface area contributed by atoms with Crippen LogP contribution in [0.25, 0.3) is 0 Å². The van der Waals surface area contributed by atoms with Crippen LogP contribution in [0.15, 0.2) is 42.6 Å². The molecule has 11 heteroatoms. The number of ether oxygens (including phenoxy) is 1. The molecule has 0 saturated heterocycles. The molecule has 0 unspecified atom stereocenters. The number of rotatable bonds is 5. The van der Waals surface area contributed by atoms with E-state index in [9.17, 15) is 27.9 Å². The highest BCUT2D eigenvalue weighted by Crippen LogP contribution is 2.77. The Hall–Kier alpha value is -4.28. The lowest BCUT2D eigenvalue weighted by molar-refractivity contribution is -0.116. The van der Waals surface area contributed by atoms with Crippen LogP contribution < -0.4 is 20.7 Å². The number of carbonyl (C=O) groups excluding carboxylic acids is 2. The second kappa shape index (κ2) is 7.87. The van der Waals surface area contributed by atoms with E-state index in [1.807, 2.05) is 0 Å². The zero-order valence-electron chi connectivity index (χ0n) is 18.6. The van der Waals surface area contributed by atoms with Crippen molar-refractivity contribution in [3.63, 3.8) is 0 Å². The van der Waals surface area contributed by atoms with Gasteiger partial charge in [-0.15, -0.1) is 0 Å². The lowest BCUT2D eigenvalue weighted by Crippen LogP contribution is -2.36. The Morgan fingerprint density at radius 3 is 2.67 bits per heavy atom. The van der Waals surface area contributed by atoms with Crippen LogP contribution in [0.5, 0.6) is 17.2 Å². The SMILES string of the molecule is O=C1CCc2c(Oc3ccc(O)c([C@@H]4[C@@H]5C[C@@]45NC(=O)Nc4c(F)cc(F)cc4F)c3)ccnc2N1. The second-order valence-corrected chi connectivity index (χ2v) is 9.16. The molecule has 4 N–H and O–H groups in total. The topological polar surface area (TPSA) is 113 Å². The van der Waals surface area contributed by atoms with Crippen molar-refractivity contribution < 1.29 is 32.6 Å². The predicted octanol–water partition coefficient (Wildman–Crippen LogP) is 4.56. The van der Waals surface area contributed by atoms with Gasteiger partial charge in [0.2, 0.25) is 5.91 Å². The first-order chi connectivity index (χ1) is 17.2. The van der Waals surface area contributed by atoms with Gasteiger partial charge in [0.05, 0.1) is 5.54 Å². The summed E-state index contributed by atoms with van der Waals surface area (Å²) in [6.45, 7) is 0. The van der Waals surface area contributed by atoms with Crippen LogP contribution in [0.2, 0.25) is 0 Å². The van der Waals surface area contributed by atoms with Crippen molar-refractivity contribution in [3.8, 4) is 17.2 Å². The third-order valence-corrected chi connectivity index (χ3v) is 6.93. The highest BCUT2D eigenvalue weighted by molar-refractivity contribution is 5.93. The Bertz CT molecular complexity index is 1430. The molecule has 2 aliphatic carbocycles. The van der Waals surface area contributed by atoms with Crippen LogP contribution in [-0.4, -0.2) is 27.6 Å². The third kappa shape index (κ3) is 3.67. The van der Waals surface area contributed by atoms with Crippen molar-refractivity contribution in [2.24, 2.45) is 5.92 Å². The number of halogens is 3. The molecule has 0 bridgehead atoms. The third-order valence-electron chi connectivity index (χ3n) is 6.93. The molecule has 3 amide bonds. The Balaban J connectivity index is 1.18. The second-order valence-electron chi connectivity index (χ2n) is 9.16. The maximum absolute atomic E-state index is 13.9. The number of nitrogens with one attached hydrogen (secondary N) is 3. The van der Waals surface area contributed by atoms with Gasteiger partial charge in [-0.25, -0.2) is 22.9 Å². The number of hydrogen-bond acceptors (Lipinski definition) is 5. The Labute approximate surface area is 202 Å². The molecule has 2 aromatic carbocycles. The van der Waals surface area contributed by atoms with E-state index >= 15 is 0 Å². The summed E-state index contributed by atoms with van der Waals surface area (Å²) in [6, 6.07) is 6.60. The van der Waals surface area contributed by atoms with Gasteiger partial charge >= 0.3 is 6.03 Å². The minimum Gasteiger partial charge on any atom is -0.508 e. The Morgan fingerprint density at radius 1 is 1.14 bits per heavy atom. The lowest BCUT2D eigenvalue weighted by Gasteiger charge is -2.20. The zero-order chi connectivity index (χ0) is 25.2. The number of hydrogen-bond donors (Lipinski definition) is 4. The molecule has 2 fully saturated rings. The van der Waals surface area contributed by atoms with Gasteiger partial charge in [0.1, 0.15) is 34.6 Å². The van der Waals surface area contributed by atoms with Gasteiger partial charge in [-0.1, -0.05) is 0 Å². The summed E-state index contributed by atoms with van der Waals surface area (Å²) in [5.41, 5.74) is -0.0434. The molecule has 184 valence electrons. The fraction of sp³-hybridized carbons (Fsp3) is 0.240. The van der Waals surface area contributed by atoms with E-state index in [0.29, 0.717) is 54.3 Å². The van der Waals surface area contributed by atoms with E-state index < -0.39 is 34.7 Å². The molecule has 6 rings (SSSR count). The van der Waals surface area contributed by atoms with Crippen LogP contribution in [0.1, 0.15) is 29.9 Å². The molecule has 0 spiro atoms. The predicted molar refractivity (Wildman–Crippen MR) is 121 cm³/mol. The van der Waals surface area contributed by atoms with Crippen molar-refractivity contribution in [2.75, 3.05) is 10.6 Å². The summed E-state index contributed by atoms with van der Waals surface area (Å²) < 4.78 is 46.9. The van der Waals surface area contributed by atoms with Crippen LogP contribution in [0, 0.1) is 23.4 Å². The number of benzene rings is 2. The van der Waals surface area contributed by atoms with Crippen molar-refractivity contribution in [3.05, 3.63) is 71.2 Å². The first kappa shape index (κ1) is 22.2. The standard InChI is InChI=1S/C25H19F3N4O4/c26-11-7-16(27)22(17(28)8-11)31-24(35)32-25-10-15(25)21(25)14-9-12(1-3-18(14)33)36-19-5-6-29-23-13(19)2-4-20(34)30-23/h1,3,5-9,15,21,33H,2,4,10H2,(H,29,30,34)(H2,31,32,35)/t15-,21+,25-/m0/s1. The van der Waals surface area contributed by atoms with Crippen molar-refractivity contribution in [1.82, 2.24) is 10.3 Å². The highest BCUT2D eigenvalue weighted by Gasteiger charge is 2.80. The minimum absolute atomic E-state index is 0.0285. The molecule has 1 aromatic heterocycles. The van der Waals surface area contributed by atoms with Crippen molar-refractivity contribution >= 4 is 23.4 Å². The zero-order valence-corrected chi connectivity index (χ0v) is 18.6. The number of anilines is 2. The van der Waals surface area contributed by atoms with Crippen LogP contribution in [0.4, 0.5) is 29.5 Å². The average Bonchev–Trinajstić information content (AvgIpc) is 3.68. The number of phenolic OH excluding ortho intramolecular Hbond substituents is 1. The molecule has 3 aliphatic rings. The number of urea groups is 1. The summed E-state index contributed by atoms with van der Waals surface area (Å²) in [5.74, 6) is -2.33. The summed E-state index contributed by atoms with van der Waals surface area (Å²) in [4.78, 5) is 28.3. The van der Waals surface area contributed by atoms with E-state index in [2.05, 4.69) is 20.9 Å². The molecular formula is C25H19F3N4O4. The summed E-state index contributed by atoms with van der Waals surface area (Å²) in [7, 11) is 0. The summed E-state index contributed by atoms with van der Waals surface area (Å²) in [5, 5.41) is 18.0. The van der Waals surface area contributed by atoms with Crippen molar-refractivity contribution in [1.29, 1.82) is 0 Å². The lowest BCUT2D eigenvalue weighted by atomic mass is 9.99.